The molecular formula is C14H18O3. The molecule has 3 aliphatic carbocycles. The molecule has 1 aliphatic heterocycles. The van der Waals surface area contributed by atoms with Gasteiger partial charge in [-0.3, -0.25) is 0 Å². The van der Waals surface area contributed by atoms with Crippen LogP contribution in [-0.2, 0) is 14.3 Å². The average Bonchev–Trinajstić information content (AvgIpc) is 2.82. The first-order valence-electron chi connectivity index (χ1n) is 6.82. The summed E-state index contributed by atoms with van der Waals surface area (Å²) >= 11 is 0. The lowest BCUT2D eigenvalue weighted by Crippen LogP contribution is -2.40. The van der Waals surface area contributed by atoms with E-state index in [9.17, 15) is 4.79 Å². The number of carbonyl (C=O) groups is 1. The van der Waals surface area contributed by atoms with Crippen molar-refractivity contribution in [2.24, 2.45) is 17.8 Å². The number of hydrogen-bond donors (Lipinski definition) is 0. The second-order valence-electron chi connectivity index (χ2n) is 6.11. The van der Waals surface area contributed by atoms with E-state index in [4.69, 9.17) is 9.47 Å². The molecule has 0 N–H and O–H groups in total. The maximum absolute atomic E-state index is 12.0. The van der Waals surface area contributed by atoms with E-state index < -0.39 is 0 Å². The van der Waals surface area contributed by atoms with Crippen LogP contribution in [0.1, 0.15) is 38.5 Å². The van der Waals surface area contributed by atoms with Crippen LogP contribution in [0.5, 0.6) is 0 Å². The Morgan fingerprint density at radius 1 is 1.41 bits per heavy atom. The van der Waals surface area contributed by atoms with Crippen molar-refractivity contribution in [2.75, 3.05) is 6.61 Å². The summed E-state index contributed by atoms with van der Waals surface area (Å²) in [7, 11) is 0. The lowest BCUT2D eigenvalue weighted by molar-refractivity contribution is -0.161. The maximum atomic E-state index is 12.0. The van der Waals surface area contributed by atoms with Crippen LogP contribution >= 0.6 is 0 Å². The molecule has 92 valence electrons. The van der Waals surface area contributed by atoms with E-state index >= 15 is 0 Å². The van der Waals surface area contributed by atoms with Crippen molar-refractivity contribution >= 4 is 5.97 Å². The molecule has 0 spiro atoms. The van der Waals surface area contributed by atoms with Gasteiger partial charge in [-0.05, 0) is 43.9 Å². The lowest BCUT2D eigenvalue weighted by Gasteiger charge is -2.36. The van der Waals surface area contributed by atoms with Crippen LogP contribution in [0.3, 0.4) is 0 Å². The zero-order valence-electron chi connectivity index (χ0n) is 9.98. The number of esters is 1. The molecule has 0 saturated heterocycles. The molecule has 1 heterocycles. The zero-order chi connectivity index (χ0) is 11.5. The molecule has 3 fully saturated rings. The number of rotatable bonds is 2. The summed E-state index contributed by atoms with van der Waals surface area (Å²) in [5.41, 5.74) is 0.614. The SMILES string of the molecule is O=C(OC12CCC(C1)C1CCCC12)C1=COC1. The molecular weight excluding hydrogens is 216 g/mol. The Hall–Kier alpha value is -0.990. The fourth-order valence-electron chi connectivity index (χ4n) is 4.68. The highest BCUT2D eigenvalue weighted by Crippen LogP contribution is 2.62. The van der Waals surface area contributed by atoms with Crippen molar-refractivity contribution in [3.8, 4) is 0 Å². The maximum Gasteiger partial charge on any atom is 0.341 e. The van der Waals surface area contributed by atoms with Crippen LogP contribution in [0.15, 0.2) is 11.8 Å². The molecule has 3 heteroatoms. The fraction of sp³-hybridized carbons (Fsp3) is 0.786. The van der Waals surface area contributed by atoms with Gasteiger partial charge in [-0.15, -0.1) is 0 Å². The summed E-state index contributed by atoms with van der Waals surface area (Å²) in [6.45, 7) is 0.437. The molecule has 0 aromatic carbocycles. The second kappa shape index (κ2) is 3.27. The van der Waals surface area contributed by atoms with Crippen molar-refractivity contribution in [1.82, 2.24) is 0 Å². The van der Waals surface area contributed by atoms with Crippen molar-refractivity contribution in [3.05, 3.63) is 11.8 Å². The highest BCUT2D eigenvalue weighted by Gasteiger charge is 2.61. The summed E-state index contributed by atoms with van der Waals surface area (Å²) in [4.78, 5) is 12.0. The Morgan fingerprint density at radius 2 is 2.29 bits per heavy atom. The van der Waals surface area contributed by atoms with Gasteiger partial charge in [0.05, 0.1) is 6.26 Å². The Balaban J connectivity index is 1.57. The van der Waals surface area contributed by atoms with Crippen molar-refractivity contribution in [2.45, 2.75) is 44.1 Å². The minimum absolute atomic E-state index is 0.0979. The van der Waals surface area contributed by atoms with Crippen LogP contribution in [0, 0.1) is 17.8 Å². The van der Waals surface area contributed by atoms with Gasteiger partial charge in [0.1, 0.15) is 17.8 Å². The van der Waals surface area contributed by atoms with Gasteiger partial charge in [0.25, 0.3) is 0 Å². The molecule has 4 atom stereocenters. The summed E-state index contributed by atoms with van der Waals surface area (Å²) in [5, 5.41) is 0. The molecule has 4 aliphatic rings. The Bertz CT molecular complexity index is 400. The van der Waals surface area contributed by atoms with Crippen LogP contribution in [0.2, 0.25) is 0 Å². The molecule has 2 bridgehead atoms. The van der Waals surface area contributed by atoms with Crippen LogP contribution in [0.4, 0.5) is 0 Å². The van der Waals surface area contributed by atoms with E-state index in [1.165, 1.54) is 31.9 Å². The normalized spacial score (nSPS) is 45.9. The van der Waals surface area contributed by atoms with Gasteiger partial charge in [-0.1, -0.05) is 6.42 Å². The Morgan fingerprint density at radius 3 is 3.06 bits per heavy atom. The molecule has 4 unspecified atom stereocenters. The van der Waals surface area contributed by atoms with Gasteiger partial charge in [0.2, 0.25) is 0 Å². The molecule has 3 saturated carbocycles. The highest BCUT2D eigenvalue weighted by atomic mass is 16.6. The average molecular weight is 234 g/mol. The van der Waals surface area contributed by atoms with E-state index in [0.717, 1.165) is 24.7 Å². The molecule has 0 amide bonds. The third-order valence-corrected chi connectivity index (χ3v) is 5.42. The minimum Gasteiger partial charge on any atom is -0.495 e. The largest absolute Gasteiger partial charge is 0.495 e. The van der Waals surface area contributed by atoms with E-state index in [2.05, 4.69) is 0 Å². The number of carbonyl (C=O) groups excluding carboxylic acids is 1. The van der Waals surface area contributed by atoms with Crippen LogP contribution < -0.4 is 0 Å². The minimum atomic E-state index is -0.121. The molecule has 3 nitrogen and oxygen atoms in total. The number of fused-ring (bicyclic) bond motifs is 5. The van der Waals surface area contributed by atoms with E-state index in [1.807, 2.05) is 0 Å². The van der Waals surface area contributed by atoms with Crippen molar-refractivity contribution < 1.29 is 14.3 Å². The highest BCUT2D eigenvalue weighted by molar-refractivity contribution is 5.89. The summed E-state index contributed by atoms with van der Waals surface area (Å²) in [5.74, 6) is 2.22. The molecule has 0 aromatic rings. The summed E-state index contributed by atoms with van der Waals surface area (Å²) in [6.07, 6.45) is 8.98. The van der Waals surface area contributed by atoms with Crippen LogP contribution in [-0.4, -0.2) is 18.2 Å². The van der Waals surface area contributed by atoms with Crippen molar-refractivity contribution in [1.29, 1.82) is 0 Å². The third-order valence-electron chi connectivity index (χ3n) is 5.42. The monoisotopic (exact) mass is 234 g/mol. The quantitative estimate of drug-likeness (QED) is 0.688. The summed E-state index contributed by atoms with van der Waals surface area (Å²) < 4.78 is 10.8. The molecule has 4 rings (SSSR count). The van der Waals surface area contributed by atoms with Gasteiger partial charge < -0.3 is 9.47 Å². The number of hydrogen-bond acceptors (Lipinski definition) is 3. The molecule has 17 heavy (non-hydrogen) atoms. The van der Waals surface area contributed by atoms with Gasteiger partial charge >= 0.3 is 5.97 Å². The first-order chi connectivity index (χ1) is 8.28. The number of ether oxygens (including phenoxy) is 2. The second-order valence-corrected chi connectivity index (χ2v) is 6.11. The Labute approximate surface area is 101 Å². The summed E-state index contributed by atoms with van der Waals surface area (Å²) in [6, 6.07) is 0. The first-order valence-corrected chi connectivity index (χ1v) is 6.82. The van der Waals surface area contributed by atoms with E-state index in [1.54, 1.807) is 0 Å². The van der Waals surface area contributed by atoms with Gasteiger partial charge in [0.15, 0.2) is 0 Å². The van der Waals surface area contributed by atoms with Gasteiger partial charge in [-0.2, -0.15) is 0 Å². The molecule has 0 radical (unpaired) electrons. The topological polar surface area (TPSA) is 35.5 Å². The fourth-order valence-corrected chi connectivity index (χ4v) is 4.68. The van der Waals surface area contributed by atoms with E-state index in [-0.39, 0.29) is 11.6 Å². The smallest absolute Gasteiger partial charge is 0.341 e. The van der Waals surface area contributed by atoms with Gasteiger partial charge in [0, 0.05) is 5.92 Å². The Kier molecular flexibility index (Phi) is 1.92. The van der Waals surface area contributed by atoms with E-state index in [0.29, 0.717) is 18.1 Å². The third kappa shape index (κ3) is 1.25. The van der Waals surface area contributed by atoms with Crippen molar-refractivity contribution in [3.63, 3.8) is 0 Å². The first kappa shape index (κ1) is 9.98. The van der Waals surface area contributed by atoms with Crippen LogP contribution in [0.25, 0.3) is 0 Å². The van der Waals surface area contributed by atoms with Gasteiger partial charge in [-0.25, -0.2) is 4.79 Å². The predicted molar refractivity (Wildman–Crippen MR) is 61.0 cm³/mol. The molecule has 0 aromatic heterocycles. The lowest BCUT2D eigenvalue weighted by atomic mass is 9.79. The zero-order valence-corrected chi connectivity index (χ0v) is 9.98. The predicted octanol–water partition coefficient (Wildman–Crippen LogP) is 2.41. The standard InChI is InChI=1S/C14H18O3/c15-13(10-7-16-8-10)17-14-5-4-9(6-14)11-2-1-3-12(11)14/h7,9,11-12H,1-6,8H2.